The van der Waals surface area contributed by atoms with Gasteiger partial charge in [0, 0.05) is 37.6 Å². The SMILES string of the molecule is O=C(NCC(c1cccs1)N1CCCC1)N1CCCN(CC2CCCCC2)CC1. The van der Waals surface area contributed by atoms with E-state index in [0.29, 0.717) is 6.04 Å². The fraction of sp³-hybridized carbons (Fsp3) is 0.783. The van der Waals surface area contributed by atoms with Gasteiger partial charge in [0.2, 0.25) is 0 Å². The molecule has 2 aliphatic heterocycles. The number of hydrogen-bond acceptors (Lipinski definition) is 4. The van der Waals surface area contributed by atoms with Crippen LogP contribution in [0.25, 0.3) is 0 Å². The number of urea groups is 1. The van der Waals surface area contributed by atoms with E-state index < -0.39 is 0 Å². The van der Waals surface area contributed by atoms with Crippen molar-refractivity contribution in [3.8, 4) is 0 Å². The number of likely N-dealkylation sites (tertiary alicyclic amines) is 1. The Bertz CT molecular complexity index is 610. The van der Waals surface area contributed by atoms with Crippen molar-refractivity contribution in [1.82, 2.24) is 20.0 Å². The fourth-order valence-corrected chi connectivity index (χ4v) is 6.19. The van der Waals surface area contributed by atoms with Gasteiger partial charge in [-0.2, -0.15) is 0 Å². The Hall–Kier alpha value is -1.11. The Morgan fingerprint density at radius 1 is 1.00 bits per heavy atom. The summed E-state index contributed by atoms with van der Waals surface area (Å²) < 4.78 is 0. The summed E-state index contributed by atoms with van der Waals surface area (Å²) in [5.74, 6) is 0.885. The highest BCUT2D eigenvalue weighted by molar-refractivity contribution is 7.10. The quantitative estimate of drug-likeness (QED) is 0.753. The molecule has 6 heteroatoms. The van der Waals surface area contributed by atoms with E-state index in [-0.39, 0.29) is 6.03 Å². The second-order valence-electron chi connectivity index (χ2n) is 9.11. The molecule has 1 saturated carbocycles. The van der Waals surface area contributed by atoms with Gasteiger partial charge in [-0.1, -0.05) is 25.3 Å². The standard InChI is InChI=1S/C23H38N4OS/c28-23(24-18-21(22-10-6-17-29-22)26-12-4-5-13-26)27-14-7-11-25(15-16-27)19-20-8-2-1-3-9-20/h6,10,17,20-21H,1-5,7-9,11-16,18-19H2,(H,24,28). The van der Waals surface area contributed by atoms with Crippen molar-refractivity contribution in [2.45, 2.75) is 57.4 Å². The van der Waals surface area contributed by atoms with Crippen LogP contribution in [0, 0.1) is 5.92 Å². The molecule has 3 aliphatic rings. The van der Waals surface area contributed by atoms with Gasteiger partial charge in [0.1, 0.15) is 0 Å². The molecule has 0 bridgehead atoms. The molecule has 1 aromatic heterocycles. The molecular weight excluding hydrogens is 380 g/mol. The van der Waals surface area contributed by atoms with Crippen molar-refractivity contribution in [1.29, 1.82) is 0 Å². The highest BCUT2D eigenvalue weighted by Gasteiger charge is 2.26. The van der Waals surface area contributed by atoms with Gasteiger partial charge in [-0.3, -0.25) is 4.90 Å². The lowest BCUT2D eigenvalue weighted by Gasteiger charge is -2.29. The van der Waals surface area contributed by atoms with E-state index in [1.165, 1.54) is 56.4 Å². The first kappa shape index (κ1) is 21.1. The molecule has 1 unspecified atom stereocenters. The van der Waals surface area contributed by atoms with Crippen molar-refractivity contribution < 1.29 is 4.79 Å². The minimum Gasteiger partial charge on any atom is -0.336 e. The van der Waals surface area contributed by atoms with Crippen LogP contribution >= 0.6 is 11.3 Å². The number of amides is 2. The van der Waals surface area contributed by atoms with Crippen LogP contribution in [0.15, 0.2) is 17.5 Å². The summed E-state index contributed by atoms with van der Waals surface area (Å²) >= 11 is 1.81. The Labute approximate surface area is 180 Å². The first-order valence-electron chi connectivity index (χ1n) is 11.8. The Balaban J connectivity index is 1.25. The molecule has 2 saturated heterocycles. The normalized spacial score (nSPS) is 23.8. The predicted molar refractivity (Wildman–Crippen MR) is 120 cm³/mol. The van der Waals surface area contributed by atoms with E-state index >= 15 is 0 Å². The van der Waals surface area contributed by atoms with Gasteiger partial charge >= 0.3 is 6.03 Å². The summed E-state index contributed by atoms with van der Waals surface area (Å²) in [5, 5.41) is 5.42. The van der Waals surface area contributed by atoms with E-state index in [9.17, 15) is 4.79 Å². The highest BCUT2D eigenvalue weighted by atomic mass is 32.1. The lowest BCUT2D eigenvalue weighted by Crippen LogP contribution is -2.45. The van der Waals surface area contributed by atoms with Crippen LogP contribution in [0.5, 0.6) is 0 Å². The van der Waals surface area contributed by atoms with Gasteiger partial charge in [-0.05, 0) is 69.1 Å². The summed E-state index contributed by atoms with van der Waals surface area (Å²) in [6.45, 7) is 8.20. The molecule has 3 fully saturated rings. The minimum absolute atomic E-state index is 0.130. The molecule has 1 aliphatic carbocycles. The van der Waals surface area contributed by atoms with Gasteiger partial charge in [0.05, 0.1) is 6.04 Å². The van der Waals surface area contributed by atoms with Crippen LogP contribution in [0.1, 0.15) is 62.3 Å². The van der Waals surface area contributed by atoms with E-state index in [1.807, 2.05) is 11.3 Å². The Kier molecular flexibility index (Phi) is 7.86. The van der Waals surface area contributed by atoms with E-state index in [1.54, 1.807) is 0 Å². The number of hydrogen-bond donors (Lipinski definition) is 1. The largest absolute Gasteiger partial charge is 0.336 e. The molecule has 162 valence electrons. The lowest BCUT2D eigenvalue weighted by atomic mass is 9.89. The number of nitrogens with zero attached hydrogens (tertiary/aromatic N) is 3. The van der Waals surface area contributed by atoms with Crippen molar-refractivity contribution in [3.63, 3.8) is 0 Å². The third-order valence-electron chi connectivity index (χ3n) is 7.02. The number of carbonyl (C=O) groups is 1. The van der Waals surface area contributed by atoms with Gasteiger partial charge in [0.25, 0.3) is 0 Å². The summed E-state index contributed by atoms with van der Waals surface area (Å²) in [5.41, 5.74) is 0. The van der Waals surface area contributed by atoms with Crippen molar-refractivity contribution in [2.24, 2.45) is 5.92 Å². The Morgan fingerprint density at radius 2 is 1.83 bits per heavy atom. The summed E-state index contributed by atoms with van der Waals surface area (Å²) in [6, 6.07) is 4.80. The summed E-state index contributed by atoms with van der Waals surface area (Å²) in [6.07, 6.45) is 10.7. The number of nitrogens with one attached hydrogen (secondary N) is 1. The zero-order valence-electron chi connectivity index (χ0n) is 17.9. The fourth-order valence-electron chi connectivity index (χ4n) is 5.33. The van der Waals surface area contributed by atoms with E-state index in [4.69, 9.17) is 0 Å². The molecule has 0 spiro atoms. The predicted octanol–water partition coefficient (Wildman–Crippen LogP) is 4.18. The molecule has 29 heavy (non-hydrogen) atoms. The molecule has 1 aromatic rings. The van der Waals surface area contributed by atoms with E-state index in [2.05, 4.69) is 37.5 Å². The van der Waals surface area contributed by atoms with Crippen molar-refractivity contribution in [3.05, 3.63) is 22.4 Å². The highest BCUT2D eigenvalue weighted by Crippen LogP contribution is 2.28. The topological polar surface area (TPSA) is 38.8 Å². The maximum atomic E-state index is 12.9. The molecule has 4 rings (SSSR count). The van der Waals surface area contributed by atoms with E-state index in [0.717, 1.165) is 58.2 Å². The number of carbonyl (C=O) groups excluding carboxylic acids is 1. The van der Waals surface area contributed by atoms with Crippen LogP contribution in [-0.4, -0.2) is 73.1 Å². The molecule has 1 atom stereocenters. The van der Waals surface area contributed by atoms with Crippen LogP contribution in [0.2, 0.25) is 0 Å². The minimum atomic E-state index is 0.130. The molecule has 5 nitrogen and oxygen atoms in total. The molecule has 3 heterocycles. The van der Waals surface area contributed by atoms with Crippen LogP contribution in [-0.2, 0) is 0 Å². The summed E-state index contributed by atoms with van der Waals surface area (Å²) in [7, 11) is 0. The van der Waals surface area contributed by atoms with Gasteiger partial charge in [-0.25, -0.2) is 4.79 Å². The first-order chi connectivity index (χ1) is 14.3. The van der Waals surface area contributed by atoms with Crippen LogP contribution in [0.4, 0.5) is 4.79 Å². The van der Waals surface area contributed by atoms with Gasteiger partial charge in [0.15, 0.2) is 0 Å². The average molecular weight is 419 g/mol. The molecular formula is C23H38N4OS. The van der Waals surface area contributed by atoms with Gasteiger partial charge < -0.3 is 15.1 Å². The molecule has 0 aromatic carbocycles. The number of rotatable bonds is 6. The van der Waals surface area contributed by atoms with Crippen LogP contribution < -0.4 is 5.32 Å². The molecule has 0 radical (unpaired) electrons. The smallest absolute Gasteiger partial charge is 0.317 e. The van der Waals surface area contributed by atoms with Crippen molar-refractivity contribution in [2.75, 3.05) is 52.4 Å². The van der Waals surface area contributed by atoms with Crippen molar-refractivity contribution >= 4 is 17.4 Å². The monoisotopic (exact) mass is 418 g/mol. The summed E-state index contributed by atoms with van der Waals surface area (Å²) in [4.78, 5) is 21.5. The lowest BCUT2D eigenvalue weighted by molar-refractivity contribution is 0.184. The molecule has 1 N–H and O–H groups in total. The second-order valence-corrected chi connectivity index (χ2v) is 10.1. The number of thiophene rings is 1. The van der Waals surface area contributed by atoms with Gasteiger partial charge in [-0.15, -0.1) is 11.3 Å². The third-order valence-corrected chi connectivity index (χ3v) is 7.99. The average Bonchev–Trinajstić information content (AvgIpc) is 3.42. The second kappa shape index (κ2) is 10.8. The molecule has 2 amide bonds. The zero-order valence-corrected chi connectivity index (χ0v) is 18.7. The van der Waals surface area contributed by atoms with Crippen LogP contribution in [0.3, 0.4) is 0 Å². The maximum Gasteiger partial charge on any atom is 0.317 e. The Morgan fingerprint density at radius 3 is 2.59 bits per heavy atom. The third kappa shape index (κ3) is 5.96. The maximum absolute atomic E-state index is 12.9. The first-order valence-corrected chi connectivity index (χ1v) is 12.7. The zero-order chi connectivity index (χ0) is 19.9.